The van der Waals surface area contributed by atoms with Crippen LogP contribution in [0.25, 0.3) is 11.0 Å². The molecule has 3 aromatic rings. The first-order valence-corrected chi connectivity index (χ1v) is 7.83. The van der Waals surface area contributed by atoms with Crippen LogP contribution in [-0.4, -0.2) is 42.3 Å². The van der Waals surface area contributed by atoms with E-state index in [0.29, 0.717) is 6.54 Å². The molecule has 0 aliphatic carbocycles. The number of aliphatic hydroxyl groups excluding tert-OH is 1. The van der Waals surface area contributed by atoms with Gasteiger partial charge in [-0.05, 0) is 25.8 Å². The van der Waals surface area contributed by atoms with Crippen molar-refractivity contribution in [1.82, 2.24) is 24.1 Å². The number of nitrogens with one attached hydrogen (secondary N) is 1. The second-order valence-corrected chi connectivity index (χ2v) is 5.59. The Bertz CT molecular complexity index is 778. The molecule has 0 aliphatic rings. The van der Waals surface area contributed by atoms with Crippen molar-refractivity contribution in [2.45, 2.75) is 33.4 Å². The monoisotopic (exact) mass is 314 g/mol. The van der Waals surface area contributed by atoms with Crippen molar-refractivity contribution in [3.8, 4) is 0 Å². The minimum atomic E-state index is 0.0989. The van der Waals surface area contributed by atoms with Crippen LogP contribution in [0.2, 0.25) is 0 Å². The highest BCUT2D eigenvalue weighted by atomic mass is 16.3. The first-order chi connectivity index (χ1) is 11.2. The lowest BCUT2D eigenvalue weighted by molar-refractivity contribution is 0.276. The Hall–Kier alpha value is -2.41. The standard InChI is InChI=1S/C16H22N6O/c1-12-13(2)22(8-9-23)16-14(12)15(19-10-20-16)18-4-3-6-21-7-5-17-11-21/h5,7,10-11,23H,3-4,6,8-9H2,1-2H3,(H,18,19,20). The Morgan fingerprint density at radius 1 is 1.22 bits per heavy atom. The summed E-state index contributed by atoms with van der Waals surface area (Å²) < 4.78 is 4.10. The molecule has 0 saturated carbocycles. The molecule has 0 fully saturated rings. The van der Waals surface area contributed by atoms with E-state index in [-0.39, 0.29) is 6.61 Å². The van der Waals surface area contributed by atoms with E-state index in [9.17, 15) is 5.11 Å². The van der Waals surface area contributed by atoms with Crippen molar-refractivity contribution in [3.63, 3.8) is 0 Å². The van der Waals surface area contributed by atoms with Crippen molar-refractivity contribution in [1.29, 1.82) is 0 Å². The van der Waals surface area contributed by atoms with Gasteiger partial charge in [-0.25, -0.2) is 15.0 Å². The van der Waals surface area contributed by atoms with Crippen molar-refractivity contribution in [3.05, 3.63) is 36.3 Å². The molecule has 2 N–H and O–H groups in total. The van der Waals surface area contributed by atoms with Gasteiger partial charge in [-0.15, -0.1) is 0 Å². The number of hydrogen-bond donors (Lipinski definition) is 2. The van der Waals surface area contributed by atoms with Crippen LogP contribution in [0.3, 0.4) is 0 Å². The van der Waals surface area contributed by atoms with Crippen LogP contribution in [0.4, 0.5) is 5.82 Å². The summed E-state index contributed by atoms with van der Waals surface area (Å²) >= 11 is 0. The van der Waals surface area contributed by atoms with Crippen LogP contribution in [0.5, 0.6) is 0 Å². The summed E-state index contributed by atoms with van der Waals surface area (Å²) in [7, 11) is 0. The summed E-state index contributed by atoms with van der Waals surface area (Å²) in [6, 6.07) is 0. The Balaban J connectivity index is 1.77. The summed E-state index contributed by atoms with van der Waals surface area (Å²) in [6.07, 6.45) is 8.14. The smallest absolute Gasteiger partial charge is 0.146 e. The van der Waals surface area contributed by atoms with E-state index in [1.165, 1.54) is 0 Å². The van der Waals surface area contributed by atoms with Gasteiger partial charge >= 0.3 is 0 Å². The SMILES string of the molecule is Cc1c(C)n(CCO)c2ncnc(NCCCn3ccnc3)c12. The third-order valence-electron chi connectivity index (χ3n) is 4.17. The van der Waals surface area contributed by atoms with Crippen molar-refractivity contribution in [2.75, 3.05) is 18.5 Å². The number of anilines is 1. The zero-order chi connectivity index (χ0) is 16.2. The Kier molecular flexibility index (Phi) is 4.57. The normalized spacial score (nSPS) is 11.3. The predicted octanol–water partition coefficient (Wildman–Crippen LogP) is 1.74. The number of imidazole rings is 1. The van der Waals surface area contributed by atoms with Gasteiger partial charge in [0.2, 0.25) is 0 Å². The lowest BCUT2D eigenvalue weighted by Crippen LogP contribution is -2.08. The van der Waals surface area contributed by atoms with Crippen LogP contribution < -0.4 is 5.32 Å². The lowest BCUT2D eigenvalue weighted by Gasteiger charge is -2.08. The van der Waals surface area contributed by atoms with Gasteiger partial charge in [0, 0.05) is 37.7 Å². The Morgan fingerprint density at radius 2 is 2.09 bits per heavy atom. The molecule has 7 heteroatoms. The van der Waals surface area contributed by atoms with Crippen LogP contribution >= 0.6 is 0 Å². The molecule has 0 radical (unpaired) electrons. The van der Waals surface area contributed by atoms with Crippen LogP contribution in [0, 0.1) is 13.8 Å². The molecule has 0 bridgehead atoms. The summed E-state index contributed by atoms with van der Waals surface area (Å²) in [5.74, 6) is 0.859. The van der Waals surface area contributed by atoms with Crippen molar-refractivity contribution >= 4 is 16.9 Å². The van der Waals surface area contributed by atoms with Gasteiger partial charge in [-0.1, -0.05) is 0 Å². The molecule has 0 saturated heterocycles. The van der Waals surface area contributed by atoms with Gasteiger partial charge in [0.25, 0.3) is 0 Å². The molecule has 0 amide bonds. The average Bonchev–Trinajstić information content (AvgIpc) is 3.15. The fourth-order valence-corrected chi connectivity index (χ4v) is 2.86. The Labute approximate surface area is 135 Å². The molecule has 23 heavy (non-hydrogen) atoms. The van der Waals surface area contributed by atoms with Gasteiger partial charge in [0.15, 0.2) is 0 Å². The number of rotatable bonds is 7. The van der Waals surface area contributed by atoms with E-state index in [1.807, 2.05) is 17.1 Å². The molecular weight excluding hydrogens is 292 g/mol. The highest BCUT2D eigenvalue weighted by Gasteiger charge is 2.15. The molecule has 3 aromatic heterocycles. The van der Waals surface area contributed by atoms with Gasteiger partial charge in [-0.2, -0.15) is 0 Å². The molecule has 7 nitrogen and oxygen atoms in total. The van der Waals surface area contributed by atoms with E-state index in [2.05, 4.69) is 38.7 Å². The van der Waals surface area contributed by atoms with E-state index < -0.39 is 0 Å². The van der Waals surface area contributed by atoms with Crippen LogP contribution in [0.15, 0.2) is 25.0 Å². The summed E-state index contributed by atoms with van der Waals surface area (Å²) in [4.78, 5) is 12.8. The quantitative estimate of drug-likeness (QED) is 0.649. The van der Waals surface area contributed by atoms with Crippen LogP contribution in [0.1, 0.15) is 17.7 Å². The number of nitrogens with zero attached hydrogens (tertiary/aromatic N) is 5. The molecule has 0 atom stereocenters. The predicted molar refractivity (Wildman–Crippen MR) is 89.4 cm³/mol. The maximum absolute atomic E-state index is 9.26. The second-order valence-electron chi connectivity index (χ2n) is 5.59. The van der Waals surface area contributed by atoms with Gasteiger partial charge in [0.1, 0.15) is 17.8 Å². The topological polar surface area (TPSA) is 80.8 Å². The first-order valence-electron chi connectivity index (χ1n) is 7.83. The van der Waals surface area contributed by atoms with Gasteiger partial charge < -0.3 is 19.6 Å². The summed E-state index contributed by atoms with van der Waals surface area (Å²) in [6.45, 7) is 6.52. The average molecular weight is 314 g/mol. The van der Waals surface area contributed by atoms with E-state index in [0.717, 1.165) is 47.6 Å². The molecule has 122 valence electrons. The molecule has 0 aromatic carbocycles. The van der Waals surface area contributed by atoms with Crippen molar-refractivity contribution < 1.29 is 5.11 Å². The van der Waals surface area contributed by atoms with Gasteiger partial charge in [-0.3, -0.25) is 0 Å². The van der Waals surface area contributed by atoms with E-state index in [1.54, 1.807) is 12.5 Å². The highest BCUT2D eigenvalue weighted by Crippen LogP contribution is 2.28. The van der Waals surface area contributed by atoms with Gasteiger partial charge in [0.05, 0.1) is 18.3 Å². The first kappa shape index (κ1) is 15.5. The number of fused-ring (bicyclic) bond motifs is 1. The maximum Gasteiger partial charge on any atom is 0.146 e. The highest BCUT2D eigenvalue weighted by molar-refractivity contribution is 5.91. The number of hydrogen-bond acceptors (Lipinski definition) is 5. The molecule has 0 aliphatic heterocycles. The maximum atomic E-state index is 9.26. The summed E-state index contributed by atoms with van der Waals surface area (Å²) in [5.41, 5.74) is 3.16. The fourth-order valence-electron chi connectivity index (χ4n) is 2.86. The van der Waals surface area contributed by atoms with E-state index >= 15 is 0 Å². The zero-order valence-corrected chi connectivity index (χ0v) is 13.5. The number of aliphatic hydroxyl groups is 1. The fraction of sp³-hybridized carbons (Fsp3) is 0.438. The molecule has 0 unspecified atom stereocenters. The van der Waals surface area contributed by atoms with Crippen molar-refractivity contribution in [2.24, 2.45) is 0 Å². The second kappa shape index (κ2) is 6.78. The zero-order valence-electron chi connectivity index (χ0n) is 13.5. The molecule has 3 heterocycles. The number of aromatic nitrogens is 5. The molecule has 0 spiro atoms. The Morgan fingerprint density at radius 3 is 2.83 bits per heavy atom. The largest absolute Gasteiger partial charge is 0.395 e. The minimum absolute atomic E-state index is 0.0989. The molecular formula is C16H22N6O. The molecule has 3 rings (SSSR count). The number of aryl methyl sites for hydroxylation is 2. The van der Waals surface area contributed by atoms with E-state index in [4.69, 9.17) is 0 Å². The third-order valence-corrected chi connectivity index (χ3v) is 4.17. The minimum Gasteiger partial charge on any atom is -0.395 e. The lowest BCUT2D eigenvalue weighted by atomic mass is 10.2. The third kappa shape index (κ3) is 3.05. The summed E-state index contributed by atoms with van der Waals surface area (Å²) in [5, 5.41) is 13.7. The van der Waals surface area contributed by atoms with Crippen LogP contribution in [-0.2, 0) is 13.1 Å².